The summed E-state index contributed by atoms with van der Waals surface area (Å²) in [5.74, 6) is 0.708. The summed E-state index contributed by atoms with van der Waals surface area (Å²) < 4.78 is 0. The molecule has 0 fully saturated rings. The van der Waals surface area contributed by atoms with Gasteiger partial charge in [-0.05, 0) is 12.5 Å². The molecule has 116 valence electrons. The Hall–Kier alpha value is -2.67. The summed E-state index contributed by atoms with van der Waals surface area (Å²) in [5.41, 5.74) is 1.93. The molecule has 1 N–H and O–H groups in total. The Bertz CT molecular complexity index is 820. The van der Waals surface area contributed by atoms with Crippen LogP contribution >= 0.6 is 11.8 Å². The second kappa shape index (κ2) is 6.62. The topological polar surface area (TPSA) is 84.7 Å². The number of nitro groups is 1. The molecule has 2 aromatic carbocycles. The molecule has 0 aliphatic rings. The number of hydrogen-bond donors (Lipinski definition) is 1. The minimum Gasteiger partial charge on any atom is -0.258 e. The number of benzene rings is 2. The normalized spacial score (nSPS) is 12.0. The number of non-ortho nitro benzene ring substituents is 1. The van der Waals surface area contributed by atoms with Crippen molar-refractivity contribution in [1.82, 2.24) is 15.2 Å². The van der Waals surface area contributed by atoms with Crippen LogP contribution in [0.5, 0.6) is 0 Å². The predicted octanol–water partition coefficient (Wildman–Crippen LogP) is 4.23. The van der Waals surface area contributed by atoms with E-state index < -0.39 is 0 Å². The molecule has 3 aromatic rings. The maximum atomic E-state index is 10.9. The van der Waals surface area contributed by atoms with Gasteiger partial charge in [-0.15, -0.1) is 5.10 Å². The zero-order valence-electron chi connectivity index (χ0n) is 12.3. The highest BCUT2D eigenvalue weighted by atomic mass is 32.2. The van der Waals surface area contributed by atoms with E-state index in [1.54, 1.807) is 12.1 Å². The van der Waals surface area contributed by atoms with Gasteiger partial charge in [0, 0.05) is 22.9 Å². The fourth-order valence-electron chi connectivity index (χ4n) is 2.14. The van der Waals surface area contributed by atoms with Gasteiger partial charge in [-0.1, -0.05) is 54.2 Å². The van der Waals surface area contributed by atoms with Gasteiger partial charge in [-0.2, -0.15) is 0 Å². The van der Waals surface area contributed by atoms with Crippen LogP contribution < -0.4 is 0 Å². The summed E-state index contributed by atoms with van der Waals surface area (Å²) in [5, 5.41) is 18.6. The lowest BCUT2D eigenvalue weighted by Gasteiger charge is -2.08. The van der Waals surface area contributed by atoms with Crippen LogP contribution in [-0.4, -0.2) is 20.1 Å². The van der Waals surface area contributed by atoms with E-state index in [9.17, 15) is 10.1 Å². The molecule has 1 heterocycles. The second-order valence-corrected chi connectivity index (χ2v) is 6.25. The molecule has 0 amide bonds. The third-order valence-electron chi connectivity index (χ3n) is 3.34. The van der Waals surface area contributed by atoms with E-state index in [4.69, 9.17) is 0 Å². The first-order valence-electron chi connectivity index (χ1n) is 7.02. The van der Waals surface area contributed by atoms with Gasteiger partial charge in [-0.3, -0.25) is 15.2 Å². The van der Waals surface area contributed by atoms with Gasteiger partial charge in [0.1, 0.15) is 0 Å². The molecule has 0 saturated heterocycles. The van der Waals surface area contributed by atoms with Crippen molar-refractivity contribution >= 4 is 17.4 Å². The molecule has 0 radical (unpaired) electrons. The number of hydrogen-bond acceptors (Lipinski definition) is 5. The third kappa shape index (κ3) is 3.57. The highest BCUT2D eigenvalue weighted by molar-refractivity contribution is 7.99. The van der Waals surface area contributed by atoms with Crippen molar-refractivity contribution in [2.45, 2.75) is 17.3 Å². The van der Waals surface area contributed by atoms with E-state index in [0.717, 1.165) is 11.1 Å². The van der Waals surface area contributed by atoms with Crippen molar-refractivity contribution in [3.05, 3.63) is 70.3 Å². The van der Waals surface area contributed by atoms with E-state index >= 15 is 0 Å². The van der Waals surface area contributed by atoms with E-state index in [0.29, 0.717) is 11.0 Å². The highest BCUT2D eigenvalue weighted by Crippen LogP contribution is 2.34. The highest BCUT2D eigenvalue weighted by Gasteiger charge is 2.15. The Morgan fingerprint density at radius 2 is 1.96 bits per heavy atom. The zero-order chi connectivity index (χ0) is 16.2. The first kappa shape index (κ1) is 15.2. The molecule has 1 unspecified atom stereocenters. The van der Waals surface area contributed by atoms with Crippen LogP contribution in [0.2, 0.25) is 0 Å². The molecule has 0 bridgehead atoms. The fraction of sp³-hybridized carbons (Fsp3) is 0.125. The van der Waals surface area contributed by atoms with Crippen molar-refractivity contribution in [3.8, 4) is 11.4 Å². The van der Waals surface area contributed by atoms with Crippen LogP contribution in [0.25, 0.3) is 11.4 Å². The number of rotatable bonds is 5. The van der Waals surface area contributed by atoms with Crippen LogP contribution in [0, 0.1) is 10.1 Å². The van der Waals surface area contributed by atoms with Gasteiger partial charge in [0.2, 0.25) is 5.16 Å². The molecule has 6 nitrogen and oxygen atoms in total. The largest absolute Gasteiger partial charge is 0.269 e. The molecular formula is C16H14N4O2S. The smallest absolute Gasteiger partial charge is 0.258 e. The first-order chi connectivity index (χ1) is 11.1. The molecule has 0 saturated carbocycles. The van der Waals surface area contributed by atoms with Gasteiger partial charge in [0.25, 0.3) is 5.69 Å². The van der Waals surface area contributed by atoms with Crippen molar-refractivity contribution < 1.29 is 4.92 Å². The summed E-state index contributed by atoms with van der Waals surface area (Å²) in [6.45, 7) is 1.97. The lowest BCUT2D eigenvalue weighted by molar-refractivity contribution is -0.384. The SMILES string of the molecule is CC(Sc1n[nH]c(-c2ccccc2)n1)c1cccc([N+](=O)[O-])c1. The zero-order valence-corrected chi connectivity index (χ0v) is 13.2. The molecule has 1 atom stereocenters. The van der Waals surface area contributed by atoms with Crippen molar-refractivity contribution in [1.29, 1.82) is 0 Å². The van der Waals surface area contributed by atoms with Gasteiger partial charge < -0.3 is 0 Å². The maximum Gasteiger partial charge on any atom is 0.269 e. The average Bonchev–Trinajstić information content (AvgIpc) is 3.04. The average molecular weight is 326 g/mol. The third-order valence-corrected chi connectivity index (χ3v) is 4.36. The number of thioether (sulfide) groups is 1. The fourth-order valence-corrected chi connectivity index (χ4v) is 2.98. The lowest BCUT2D eigenvalue weighted by Crippen LogP contribution is -1.93. The minimum atomic E-state index is -0.388. The number of nitro benzene ring substituents is 1. The van der Waals surface area contributed by atoms with E-state index in [1.165, 1.54) is 17.8 Å². The molecular weight excluding hydrogens is 312 g/mol. The Morgan fingerprint density at radius 3 is 2.70 bits per heavy atom. The molecule has 23 heavy (non-hydrogen) atoms. The Kier molecular flexibility index (Phi) is 4.38. The van der Waals surface area contributed by atoms with Gasteiger partial charge >= 0.3 is 0 Å². The van der Waals surface area contributed by atoms with E-state index in [1.807, 2.05) is 43.3 Å². The summed E-state index contributed by atoms with van der Waals surface area (Å²) in [6.07, 6.45) is 0. The summed E-state index contributed by atoms with van der Waals surface area (Å²) in [4.78, 5) is 14.9. The maximum absolute atomic E-state index is 10.9. The van der Waals surface area contributed by atoms with Crippen LogP contribution in [0.4, 0.5) is 5.69 Å². The first-order valence-corrected chi connectivity index (χ1v) is 7.90. The lowest BCUT2D eigenvalue weighted by atomic mass is 10.1. The van der Waals surface area contributed by atoms with Crippen LogP contribution in [0.15, 0.2) is 59.8 Å². The van der Waals surface area contributed by atoms with Crippen LogP contribution in [-0.2, 0) is 0 Å². The molecule has 3 rings (SSSR count). The molecule has 7 heteroatoms. The van der Waals surface area contributed by atoms with Gasteiger partial charge in [-0.25, -0.2) is 4.98 Å². The summed E-state index contributed by atoms with van der Waals surface area (Å²) in [7, 11) is 0. The number of aromatic nitrogens is 3. The summed E-state index contributed by atoms with van der Waals surface area (Å²) in [6, 6.07) is 16.4. The van der Waals surface area contributed by atoms with Gasteiger partial charge in [0.05, 0.1) is 4.92 Å². The Morgan fingerprint density at radius 1 is 1.17 bits per heavy atom. The monoisotopic (exact) mass is 326 g/mol. The van der Waals surface area contributed by atoms with Crippen molar-refractivity contribution in [2.75, 3.05) is 0 Å². The predicted molar refractivity (Wildman–Crippen MR) is 89.2 cm³/mol. The standard InChI is InChI=1S/C16H14N4O2S/c1-11(13-8-5-9-14(10-13)20(21)22)23-16-17-15(18-19-16)12-6-3-2-4-7-12/h2-11H,1H3,(H,17,18,19). The number of H-pyrrole nitrogens is 1. The number of nitrogens with zero attached hydrogens (tertiary/aromatic N) is 3. The molecule has 1 aromatic heterocycles. The second-order valence-electron chi connectivity index (χ2n) is 4.94. The molecule has 0 aliphatic carbocycles. The van der Waals surface area contributed by atoms with Crippen molar-refractivity contribution in [2.24, 2.45) is 0 Å². The van der Waals surface area contributed by atoms with Gasteiger partial charge in [0.15, 0.2) is 5.82 Å². The number of aromatic amines is 1. The minimum absolute atomic E-state index is 0.00863. The Labute approximate surface area is 137 Å². The van der Waals surface area contributed by atoms with E-state index in [-0.39, 0.29) is 15.9 Å². The quantitative estimate of drug-likeness (QED) is 0.431. The van der Waals surface area contributed by atoms with Crippen LogP contribution in [0.3, 0.4) is 0 Å². The van der Waals surface area contributed by atoms with E-state index in [2.05, 4.69) is 15.2 Å². The van der Waals surface area contributed by atoms with Crippen LogP contribution in [0.1, 0.15) is 17.7 Å². The number of nitrogens with one attached hydrogen (secondary N) is 1. The Balaban J connectivity index is 1.76. The molecule has 0 spiro atoms. The molecule has 0 aliphatic heterocycles. The van der Waals surface area contributed by atoms with Crippen molar-refractivity contribution in [3.63, 3.8) is 0 Å². The summed E-state index contributed by atoms with van der Waals surface area (Å²) >= 11 is 1.46.